The molecule has 0 spiro atoms. The Morgan fingerprint density at radius 2 is 2.04 bits per heavy atom. The number of hydrogen-bond donors (Lipinski definition) is 2. The van der Waals surface area contributed by atoms with Crippen molar-refractivity contribution in [2.45, 2.75) is 20.3 Å². The molecule has 1 atom stereocenters. The van der Waals surface area contributed by atoms with Gasteiger partial charge in [0.05, 0.1) is 11.6 Å². The SMILES string of the molecule is Cc1ccc(C)c(NC(=O)C[C@@H]2COc3ccccc3NC2=O)c1. The monoisotopic (exact) mass is 324 g/mol. The highest BCUT2D eigenvalue weighted by Gasteiger charge is 2.27. The van der Waals surface area contributed by atoms with Crippen molar-refractivity contribution in [2.24, 2.45) is 5.92 Å². The third-order valence-corrected chi connectivity index (χ3v) is 4.05. The van der Waals surface area contributed by atoms with Crippen molar-refractivity contribution >= 4 is 23.2 Å². The van der Waals surface area contributed by atoms with Gasteiger partial charge in [-0.3, -0.25) is 9.59 Å². The van der Waals surface area contributed by atoms with E-state index in [9.17, 15) is 9.59 Å². The predicted molar refractivity (Wildman–Crippen MR) is 93.2 cm³/mol. The van der Waals surface area contributed by atoms with Crippen LogP contribution in [0.1, 0.15) is 17.5 Å². The molecule has 0 aromatic heterocycles. The van der Waals surface area contributed by atoms with Gasteiger partial charge in [0.25, 0.3) is 0 Å². The average molecular weight is 324 g/mol. The van der Waals surface area contributed by atoms with E-state index >= 15 is 0 Å². The summed E-state index contributed by atoms with van der Waals surface area (Å²) in [7, 11) is 0. The standard InChI is InChI=1S/C19H20N2O3/c1-12-7-8-13(2)16(9-12)20-18(22)10-14-11-24-17-6-4-3-5-15(17)21-19(14)23/h3-9,14H,10-11H2,1-2H3,(H,20,22)(H,21,23)/t14-/m1/s1. The van der Waals surface area contributed by atoms with Gasteiger partial charge in [-0.05, 0) is 43.2 Å². The smallest absolute Gasteiger partial charge is 0.231 e. The maximum Gasteiger partial charge on any atom is 0.231 e. The van der Waals surface area contributed by atoms with E-state index < -0.39 is 5.92 Å². The molecule has 5 nitrogen and oxygen atoms in total. The number of carbonyl (C=O) groups is 2. The Balaban J connectivity index is 1.66. The van der Waals surface area contributed by atoms with Gasteiger partial charge in [0.1, 0.15) is 12.4 Å². The Morgan fingerprint density at radius 3 is 2.88 bits per heavy atom. The van der Waals surface area contributed by atoms with E-state index in [0.29, 0.717) is 11.4 Å². The van der Waals surface area contributed by atoms with Crippen LogP contribution < -0.4 is 15.4 Å². The van der Waals surface area contributed by atoms with Crippen molar-refractivity contribution in [1.29, 1.82) is 0 Å². The van der Waals surface area contributed by atoms with Crippen LogP contribution in [0, 0.1) is 19.8 Å². The Morgan fingerprint density at radius 1 is 1.25 bits per heavy atom. The van der Waals surface area contributed by atoms with Gasteiger partial charge in [-0.2, -0.15) is 0 Å². The molecule has 2 aromatic rings. The maximum absolute atomic E-state index is 12.3. The first kappa shape index (κ1) is 16.1. The molecule has 0 saturated heterocycles. The molecule has 3 rings (SSSR count). The third-order valence-electron chi connectivity index (χ3n) is 4.05. The summed E-state index contributed by atoms with van der Waals surface area (Å²) < 4.78 is 5.66. The molecule has 2 aromatic carbocycles. The van der Waals surface area contributed by atoms with Crippen LogP contribution >= 0.6 is 0 Å². The summed E-state index contributed by atoms with van der Waals surface area (Å²) in [5, 5.41) is 5.70. The number of rotatable bonds is 3. The van der Waals surface area contributed by atoms with E-state index in [1.165, 1.54) is 0 Å². The summed E-state index contributed by atoms with van der Waals surface area (Å²) in [6, 6.07) is 13.1. The average Bonchev–Trinajstić information content (AvgIpc) is 2.70. The number of aryl methyl sites for hydroxylation is 2. The van der Waals surface area contributed by atoms with Crippen molar-refractivity contribution in [3.8, 4) is 5.75 Å². The minimum atomic E-state index is -0.525. The second kappa shape index (κ2) is 6.74. The minimum absolute atomic E-state index is 0.0766. The van der Waals surface area contributed by atoms with Crippen LogP contribution in [0.25, 0.3) is 0 Å². The van der Waals surface area contributed by atoms with Crippen molar-refractivity contribution in [3.63, 3.8) is 0 Å². The molecule has 0 saturated carbocycles. The summed E-state index contributed by atoms with van der Waals surface area (Å²) >= 11 is 0. The zero-order chi connectivity index (χ0) is 17.1. The van der Waals surface area contributed by atoms with E-state index in [1.54, 1.807) is 12.1 Å². The lowest BCUT2D eigenvalue weighted by atomic mass is 10.0. The molecule has 0 unspecified atom stereocenters. The number of carbonyl (C=O) groups excluding carboxylic acids is 2. The van der Waals surface area contributed by atoms with Crippen LogP contribution in [0.5, 0.6) is 5.75 Å². The predicted octanol–water partition coefficient (Wildman–Crippen LogP) is 3.28. The number of fused-ring (bicyclic) bond motifs is 1. The lowest BCUT2D eigenvalue weighted by Gasteiger charge is -2.14. The molecule has 24 heavy (non-hydrogen) atoms. The van der Waals surface area contributed by atoms with Gasteiger partial charge in [-0.1, -0.05) is 24.3 Å². The molecule has 2 amide bonds. The lowest BCUT2D eigenvalue weighted by molar-refractivity contribution is -0.125. The molecule has 1 aliphatic rings. The fourth-order valence-corrected chi connectivity index (χ4v) is 2.64. The maximum atomic E-state index is 12.3. The topological polar surface area (TPSA) is 67.4 Å². The fourth-order valence-electron chi connectivity index (χ4n) is 2.64. The second-order valence-corrected chi connectivity index (χ2v) is 6.06. The fraction of sp³-hybridized carbons (Fsp3) is 0.263. The summed E-state index contributed by atoms with van der Waals surface area (Å²) in [6.45, 7) is 4.09. The summed E-state index contributed by atoms with van der Waals surface area (Å²) in [5.74, 6) is -0.291. The molecule has 124 valence electrons. The zero-order valence-corrected chi connectivity index (χ0v) is 13.8. The summed E-state index contributed by atoms with van der Waals surface area (Å²) in [6.07, 6.45) is 0.0766. The molecule has 0 fully saturated rings. The minimum Gasteiger partial charge on any atom is -0.491 e. The van der Waals surface area contributed by atoms with Crippen LogP contribution in [0.3, 0.4) is 0 Å². The van der Waals surface area contributed by atoms with Crippen LogP contribution in [0.2, 0.25) is 0 Å². The third kappa shape index (κ3) is 3.56. The number of ether oxygens (including phenoxy) is 1. The Bertz CT molecular complexity index is 786. The van der Waals surface area contributed by atoms with E-state index in [-0.39, 0.29) is 24.8 Å². The van der Waals surface area contributed by atoms with Crippen LogP contribution in [0.15, 0.2) is 42.5 Å². The van der Waals surface area contributed by atoms with E-state index in [4.69, 9.17) is 4.74 Å². The van der Waals surface area contributed by atoms with E-state index in [0.717, 1.165) is 16.8 Å². The van der Waals surface area contributed by atoms with Crippen LogP contribution in [-0.4, -0.2) is 18.4 Å². The van der Waals surface area contributed by atoms with Gasteiger partial charge in [0.2, 0.25) is 11.8 Å². The molecular weight excluding hydrogens is 304 g/mol. The highest BCUT2D eigenvalue weighted by Crippen LogP contribution is 2.28. The van der Waals surface area contributed by atoms with Gasteiger partial charge >= 0.3 is 0 Å². The van der Waals surface area contributed by atoms with E-state index in [2.05, 4.69) is 10.6 Å². The molecule has 1 aliphatic heterocycles. The quantitative estimate of drug-likeness (QED) is 0.910. The number of amides is 2. The zero-order valence-electron chi connectivity index (χ0n) is 13.8. The highest BCUT2D eigenvalue weighted by atomic mass is 16.5. The number of benzene rings is 2. The number of para-hydroxylation sites is 2. The van der Waals surface area contributed by atoms with Gasteiger partial charge < -0.3 is 15.4 Å². The molecule has 2 N–H and O–H groups in total. The van der Waals surface area contributed by atoms with Crippen molar-refractivity contribution in [3.05, 3.63) is 53.6 Å². The number of anilines is 2. The van der Waals surface area contributed by atoms with Crippen molar-refractivity contribution in [2.75, 3.05) is 17.2 Å². The van der Waals surface area contributed by atoms with Gasteiger partial charge in [-0.25, -0.2) is 0 Å². The summed E-state index contributed by atoms with van der Waals surface area (Å²) in [5.41, 5.74) is 3.47. The first-order chi connectivity index (χ1) is 11.5. The highest BCUT2D eigenvalue weighted by molar-refractivity contribution is 5.99. The molecule has 0 bridgehead atoms. The molecule has 0 radical (unpaired) electrons. The number of hydrogen-bond acceptors (Lipinski definition) is 3. The molecule has 5 heteroatoms. The molecule has 0 aliphatic carbocycles. The van der Waals surface area contributed by atoms with Crippen molar-refractivity contribution < 1.29 is 14.3 Å². The molecular formula is C19H20N2O3. The van der Waals surface area contributed by atoms with Gasteiger partial charge in [-0.15, -0.1) is 0 Å². The lowest BCUT2D eigenvalue weighted by Crippen LogP contribution is -2.29. The van der Waals surface area contributed by atoms with Crippen LogP contribution in [0.4, 0.5) is 11.4 Å². The van der Waals surface area contributed by atoms with Gasteiger partial charge in [0, 0.05) is 12.1 Å². The largest absolute Gasteiger partial charge is 0.491 e. The van der Waals surface area contributed by atoms with Gasteiger partial charge in [0.15, 0.2) is 0 Å². The van der Waals surface area contributed by atoms with Crippen LogP contribution in [-0.2, 0) is 9.59 Å². The summed E-state index contributed by atoms with van der Waals surface area (Å²) in [4.78, 5) is 24.6. The van der Waals surface area contributed by atoms with E-state index in [1.807, 2.05) is 44.2 Å². The Labute approximate surface area is 141 Å². The molecule has 1 heterocycles. The second-order valence-electron chi connectivity index (χ2n) is 6.06. The van der Waals surface area contributed by atoms with Crippen molar-refractivity contribution in [1.82, 2.24) is 0 Å². The normalized spacial score (nSPS) is 16.4. The Kier molecular flexibility index (Phi) is 4.51. The first-order valence-corrected chi connectivity index (χ1v) is 7.93. The number of nitrogens with one attached hydrogen (secondary N) is 2. The Hall–Kier alpha value is -2.82. The first-order valence-electron chi connectivity index (χ1n) is 7.93.